The van der Waals surface area contributed by atoms with Gasteiger partial charge in [-0.25, -0.2) is 9.67 Å². The van der Waals surface area contributed by atoms with Crippen LogP contribution >= 0.6 is 15.9 Å². The summed E-state index contributed by atoms with van der Waals surface area (Å²) in [5.74, 6) is 0.397. The van der Waals surface area contributed by atoms with Gasteiger partial charge in [0, 0.05) is 17.1 Å². The highest BCUT2D eigenvalue weighted by Crippen LogP contribution is 2.29. The van der Waals surface area contributed by atoms with E-state index in [1.54, 1.807) is 10.9 Å². The number of rotatable bonds is 4. The van der Waals surface area contributed by atoms with Crippen molar-refractivity contribution in [2.75, 3.05) is 0 Å². The van der Waals surface area contributed by atoms with E-state index in [0.717, 1.165) is 36.4 Å². The lowest BCUT2D eigenvalue weighted by Crippen LogP contribution is -2.09. The van der Waals surface area contributed by atoms with Crippen LogP contribution in [-0.4, -0.2) is 14.8 Å². The zero-order chi connectivity index (χ0) is 14.8. The summed E-state index contributed by atoms with van der Waals surface area (Å²) in [4.78, 5) is 3.87. The average molecular weight is 348 g/mol. The summed E-state index contributed by atoms with van der Waals surface area (Å²) >= 11 is 3.38. The van der Waals surface area contributed by atoms with Crippen LogP contribution in [0, 0.1) is 0 Å². The summed E-state index contributed by atoms with van der Waals surface area (Å²) in [6.45, 7) is 2.04. The molecule has 0 fully saturated rings. The van der Waals surface area contributed by atoms with Crippen molar-refractivity contribution in [3.05, 3.63) is 41.3 Å². The van der Waals surface area contributed by atoms with Gasteiger partial charge in [-0.1, -0.05) is 29.3 Å². The second-order valence-electron chi connectivity index (χ2n) is 4.31. The topological polar surface area (TPSA) is 30.7 Å². The largest absolute Gasteiger partial charge is 0.417 e. The Kier molecular flexibility index (Phi) is 4.47. The highest BCUT2D eigenvalue weighted by Gasteiger charge is 2.30. The first-order valence-corrected chi connectivity index (χ1v) is 7.25. The smallest absolute Gasteiger partial charge is 0.236 e. The van der Waals surface area contributed by atoms with E-state index in [2.05, 4.69) is 26.0 Å². The van der Waals surface area contributed by atoms with Crippen LogP contribution in [0.5, 0.6) is 0 Å². The molecular formula is C13H13BrF3N3. The molecule has 0 amide bonds. The summed E-state index contributed by atoms with van der Waals surface area (Å²) in [7, 11) is 0. The van der Waals surface area contributed by atoms with Crippen molar-refractivity contribution in [1.82, 2.24) is 14.8 Å². The quantitative estimate of drug-likeness (QED) is 0.778. The molecule has 0 aromatic carbocycles. The predicted octanol–water partition coefficient (Wildman–Crippen LogP) is 4.13. The molecule has 20 heavy (non-hydrogen) atoms. The molecule has 0 spiro atoms. The van der Waals surface area contributed by atoms with E-state index in [1.165, 1.54) is 6.07 Å². The third-order valence-corrected chi connectivity index (χ3v) is 3.48. The Bertz CT molecular complexity index is 576. The molecule has 0 atom stereocenters. The highest BCUT2D eigenvalue weighted by atomic mass is 79.9. The van der Waals surface area contributed by atoms with E-state index in [4.69, 9.17) is 0 Å². The molecule has 2 heterocycles. The summed E-state index contributed by atoms with van der Waals surface area (Å²) in [5, 5.41) is 4.87. The van der Waals surface area contributed by atoms with Crippen LogP contribution in [0.4, 0.5) is 13.2 Å². The summed E-state index contributed by atoms with van der Waals surface area (Å²) in [5.41, 5.74) is 1.23. The number of aromatic nitrogens is 3. The first kappa shape index (κ1) is 15.0. The molecule has 108 valence electrons. The van der Waals surface area contributed by atoms with Crippen molar-refractivity contribution in [2.24, 2.45) is 0 Å². The number of alkyl halides is 4. The fraction of sp³-hybridized carbons (Fsp3) is 0.385. The Balaban J connectivity index is 2.39. The first-order valence-electron chi connectivity index (χ1n) is 6.12. The van der Waals surface area contributed by atoms with Crippen molar-refractivity contribution < 1.29 is 13.2 Å². The molecule has 0 radical (unpaired) electrons. The van der Waals surface area contributed by atoms with Gasteiger partial charge in [0.05, 0.1) is 17.5 Å². The zero-order valence-electron chi connectivity index (χ0n) is 10.8. The monoisotopic (exact) mass is 347 g/mol. The van der Waals surface area contributed by atoms with Crippen LogP contribution in [0.25, 0.3) is 5.82 Å². The third kappa shape index (κ3) is 3.03. The van der Waals surface area contributed by atoms with Gasteiger partial charge in [-0.3, -0.25) is 0 Å². The maximum Gasteiger partial charge on any atom is 0.417 e. The minimum Gasteiger partial charge on any atom is -0.236 e. The Hall–Kier alpha value is -1.37. The van der Waals surface area contributed by atoms with E-state index in [0.29, 0.717) is 11.1 Å². The Morgan fingerprint density at radius 3 is 2.50 bits per heavy atom. The molecule has 2 rings (SSSR count). The molecular weight excluding hydrogens is 335 g/mol. The van der Waals surface area contributed by atoms with Gasteiger partial charge in [0.15, 0.2) is 5.82 Å². The summed E-state index contributed by atoms with van der Waals surface area (Å²) < 4.78 is 39.1. The Morgan fingerprint density at radius 1 is 1.25 bits per heavy atom. The van der Waals surface area contributed by atoms with Gasteiger partial charge >= 0.3 is 6.18 Å². The van der Waals surface area contributed by atoms with Gasteiger partial charge in [-0.05, 0) is 18.6 Å². The van der Waals surface area contributed by atoms with Crippen molar-refractivity contribution in [2.45, 2.75) is 31.3 Å². The Morgan fingerprint density at radius 2 is 2.00 bits per heavy atom. The lowest BCUT2D eigenvalue weighted by Gasteiger charge is -2.09. The van der Waals surface area contributed by atoms with Gasteiger partial charge in [0.25, 0.3) is 0 Å². The van der Waals surface area contributed by atoms with Crippen molar-refractivity contribution in [3.8, 4) is 5.82 Å². The van der Waals surface area contributed by atoms with Gasteiger partial charge in [0.1, 0.15) is 0 Å². The van der Waals surface area contributed by atoms with Gasteiger partial charge < -0.3 is 0 Å². The third-order valence-electron chi connectivity index (χ3n) is 2.88. The molecule has 2 aromatic heterocycles. The SMILES string of the molecule is CCCc1c(CBr)cnn1-c1ccc(C(F)(F)F)cn1. The van der Waals surface area contributed by atoms with E-state index in [9.17, 15) is 13.2 Å². The molecule has 7 heteroatoms. The fourth-order valence-corrected chi connectivity index (χ4v) is 2.37. The number of hydrogen-bond donors (Lipinski definition) is 0. The van der Waals surface area contributed by atoms with E-state index in [1.807, 2.05) is 6.92 Å². The van der Waals surface area contributed by atoms with Crippen LogP contribution in [0.2, 0.25) is 0 Å². The van der Waals surface area contributed by atoms with E-state index < -0.39 is 11.7 Å². The molecule has 0 aliphatic carbocycles. The number of nitrogens with zero attached hydrogens (tertiary/aromatic N) is 3. The van der Waals surface area contributed by atoms with Crippen molar-refractivity contribution in [3.63, 3.8) is 0 Å². The maximum absolute atomic E-state index is 12.5. The van der Waals surface area contributed by atoms with Crippen LogP contribution in [0.15, 0.2) is 24.5 Å². The molecule has 0 N–H and O–H groups in total. The standard InChI is InChI=1S/C13H13BrF3N3/c1-2-3-11-9(6-14)7-19-20(11)12-5-4-10(8-18-12)13(15,16)17/h4-5,7-8H,2-3,6H2,1H3. The first-order chi connectivity index (χ1) is 9.47. The average Bonchev–Trinajstić information content (AvgIpc) is 2.81. The molecule has 0 bridgehead atoms. The molecule has 2 aromatic rings. The zero-order valence-corrected chi connectivity index (χ0v) is 12.4. The molecule has 0 unspecified atom stereocenters. The van der Waals surface area contributed by atoms with Crippen molar-refractivity contribution in [1.29, 1.82) is 0 Å². The molecule has 0 aliphatic rings. The fourth-order valence-electron chi connectivity index (χ4n) is 1.90. The van der Waals surface area contributed by atoms with E-state index >= 15 is 0 Å². The molecule has 0 saturated heterocycles. The summed E-state index contributed by atoms with van der Waals surface area (Å²) in [6, 6.07) is 2.36. The van der Waals surface area contributed by atoms with Crippen LogP contribution in [0.1, 0.15) is 30.2 Å². The lowest BCUT2D eigenvalue weighted by molar-refractivity contribution is -0.137. The second-order valence-corrected chi connectivity index (χ2v) is 4.88. The number of pyridine rings is 1. The minimum absolute atomic E-state index is 0.397. The van der Waals surface area contributed by atoms with Gasteiger partial charge in [-0.2, -0.15) is 18.3 Å². The molecule has 0 aliphatic heterocycles. The van der Waals surface area contributed by atoms with Gasteiger partial charge in [0.2, 0.25) is 0 Å². The molecule has 0 saturated carbocycles. The molecule has 3 nitrogen and oxygen atoms in total. The van der Waals surface area contributed by atoms with Crippen LogP contribution < -0.4 is 0 Å². The predicted molar refractivity (Wildman–Crippen MR) is 73.0 cm³/mol. The number of halogens is 4. The van der Waals surface area contributed by atoms with Crippen LogP contribution in [0.3, 0.4) is 0 Å². The van der Waals surface area contributed by atoms with Gasteiger partial charge in [-0.15, -0.1) is 0 Å². The Labute approximate surface area is 123 Å². The van der Waals surface area contributed by atoms with Crippen molar-refractivity contribution >= 4 is 15.9 Å². The normalized spacial score (nSPS) is 11.8. The van der Waals surface area contributed by atoms with Crippen LogP contribution in [-0.2, 0) is 17.9 Å². The lowest BCUT2D eigenvalue weighted by atomic mass is 10.2. The summed E-state index contributed by atoms with van der Waals surface area (Å²) in [6.07, 6.45) is -0.113. The number of hydrogen-bond acceptors (Lipinski definition) is 2. The highest BCUT2D eigenvalue weighted by molar-refractivity contribution is 9.08. The van der Waals surface area contributed by atoms with E-state index in [-0.39, 0.29) is 0 Å². The second kappa shape index (κ2) is 5.95. The minimum atomic E-state index is -4.37. The maximum atomic E-state index is 12.5.